The van der Waals surface area contributed by atoms with Crippen molar-refractivity contribution >= 4 is 35.6 Å². The molecule has 1 aliphatic heterocycles. The smallest absolute Gasteiger partial charge is 0.407 e. The molecule has 4 aliphatic rings. The van der Waals surface area contributed by atoms with Gasteiger partial charge in [-0.1, -0.05) is 71.7 Å². The predicted octanol–water partition coefficient (Wildman–Crippen LogP) is 2.05. The number of likely N-dealkylation sites (tertiary alicyclic amines) is 1. The number of hydrogen-bond acceptors (Lipinski definition) is 7. The maximum Gasteiger partial charge on any atom is 0.407 e. The van der Waals surface area contributed by atoms with Crippen molar-refractivity contribution in [2.75, 3.05) is 19.7 Å². The van der Waals surface area contributed by atoms with Crippen molar-refractivity contribution < 1.29 is 33.5 Å². The molecule has 3 fully saturated rings. The Kier molecular flexibility index (Phi) is 10.3. The van der Waals surface area contributed by atoms with Crippen LogP contribution in [0.2, 0.25) is 0 Å². The molecule has 0 aromatic heterocycles. The van der Waals surface area contributed by atoms with Gasteiger partial charge < -0.3 is 36.6 Å². The Morgan fingerprint density at radius 1 is 1.00 bits per heavy atom. The number of carbonyl (C=O) groups is 6. The summed E-state index contributed by atoms with van der Waals surface area (Å²) in [5, 5.41) is 11.3. The fourth-order valence-corrected chi connectivity index (χ4v) is 7.75. The van der Waals surface area contributed by atoms with Gasteiger partial charge in [0, 0.05) is 13.1 Å². The number of benzene rings is 1. The minimum absolute atomic E-state index is 0.0628. The van der Waals surface area contributed by atoms with Crippen molar-refractivity contribution in [2.45, 2.75) is 97.8 Å². The van der Waals surface area contributed by atoms with Gasteiger partial charge in [0.15, 0.2) is 0 Å². The van der Waals surface area contributed by atoms with Crippen LogP contribution in [0.5, 0.6) is 0 Å². The monoisotopic (exact) mass is 680 g/mol. The molecule has 268 valence electrons. The fraction of sp³-hybridized carbons (Fsp3) is 0.667. The Hall–Kier alpha value is -4.16. The molecule has 1 aromatic rings. The third kappa shape index (κ3) is 8.02. The number of rotatable bonds is 13. The van der Waals surface area contributed by atoms with Gasteiger partial charge in [-0.2, -0.15) is 0 Å². The highest BCUT2D eigenvalue weighted by atomic mass is 16.5. The van der Waals surface area contributed by atoms with Crippen molar-refractivity contribution in [3.63, 3.8) is 0 Å². The van der Waals surface area contributed by atoms with Crippen molar-refractivity contribution in [2.24, 2.45) is 40.2 Å². The minimum atomic E-state index is -1.10. The summed E-state index contributed by atoms with van der Waals surface area (Å²) in [5.74, 6) is -2.92. The molecule has 6 atom stereocenters. The molecule has 13 heteroatoms. The van der Waals surface area contributed by atoms with E-state index in [0.29, 0.717) is 32.4 Å². The molecular formula is C36H52N6O7. The molecule has 1 saturated heterocycles. The van der Waals surface area contributed by atoms with Crippen LogP contribution < -0.4 is 27.0 Å². The SMILES string of the molecule is CCNC(=O)OCC(NC(=O)NC(C(=O)N1C[C@H]2C(C1C(=O)NC(CC1CC1)C(=O)C(N)=O)C2(C)C)C1Cc2ccccc2C1)C(C)(C)C. The van der Waals surface area contributed by atoms with Crippen molar-refractivity contribution in [3.8, 4) is 0 Å². The molecule has 0 radical (unpaired) electrons. The number of urea groups is 1. The van der Waals surface area contributed by atoms with Crippen molar-refractivity contribution in [1.29, 1.82) is 0 Å². The minimum Gasteiger partial charge on any atom is -0.447 e. The molecule has 5 unspecified atom stereocenters. The molecule has 1 heterocycles. The van der Waals surface area contributed by atoms with E-state index in [2.05, 4.69) is 35.1 Å². The number of nitrogens with zero attached hydrogens (tertiary/aromatic N) is 1. The van der Waals surface area contributed by atoms with Gasteiger partial charge >= 0.3 is 12.1 Å². The van der Waals surface area contributed by atoms with Gasteiger partial charge in [0.1, 0.15) is 18.7 Å². The third-order valence-electron chi connectivity index (χ3n) is 11.1. The first-order valence-electron chi connectivity index (χ1n) is 17.5. The number of hydrogen-bond donors (Lipinski definition) is 5. The van der Waals surface area contributed by atoms with Crippen LogP contribution in [0.25, 0.3) is 0 Å². The van der Waals surface area contributed by atoms with Crippen molar-refractivity contribution in [3.05, 3.63) is 35.4 Å². The summed E-state index contributed by atoms with van der Waals surface area (Å²) in [5.41, 5.74) is 6.85. The maximum atomic E-state index is 14.7. The summed E-state index contributed by atoms with van der Waals surface area (Å²) in [7, 11) is 0. The number of nitrogens with two attached hydrogens (primary N) is 1. The molecule has 0 bridgehead atoms. The number of amides is 6. The molecule has 13 nitrogen and oxygen atoms in total. The van der Waals surface area contributed by atoms with E-state index in [0.717, 1.165) is 24.0 Å². The van der Waals surface area contributed by atoms with Gasteiger partial charge in [-0.05, 0) is 71.8 Å². The number of primary amides is 1. The molecule has 5 rings (SSSR count). The second-order valence-electron chi connectivity index (χ2n) is 15.9. The number of carbonyl (C=O) groups excluding carboxylic acids is 6. The molecular weight excluding hydrogens is 628 g/mol. The number of ether oxygens (including phenoxy) is 1. The van der Waals surface area contributed by atoms with Crippen LogP contribution in [0.4, 0.5) is 9.59 Å². The molecule has 3 aliphatic carbocycles. The largest absolute Gasteiger partial charge is 0.447 e. The summed E-state index contributed by atoms with van der Waals surface area (Å²) >= 11 is 0. The second kappa shape index (κ2) is 14.0. The highest BCUT2D eigenvalue weighted by Gasteiger charge is 2.70. The molecule has 2 saturated carbocycles. The number of fused-ring (bicyclic) bond motifs is 2. The van der Waals surface area contributed by atoms with E-state index in [-0.39, 0.29) is 41.6 Å². The molecule has 49 heavy (non-hydrogen) atoms. The van der Waals surface area contributed by atoms with Crippen LogP contribution in [-0.4, -0.2) is 84.4 Å². The first-order chi connectivity index (χ1) is 23.0. The zero-order chi connectivity index (χ0) is 35.8. The molecule has 1 aromatic carbocycles. The Morgan fingerprint density at radius 2 is 1.63 bits per heavy atom. The van der Waals surface area contributed by atoms with E-state index >= 15 is 0 Å². The van der Waals surface area contributed by atoms with E-state index in [1.54, 1.807) is 11.8 Å². The maximum absolute atomic E-state index is 14.7. The highest BCUT2D eigenvalue weighted by Crippen LogP contribution is 2.65. The average Bonchev–Trinajstić information content (AvgIpc) is 3.78. The van der Waals surface area contributed by atoms with Gasteiger partial charge in [-0.25, -0.2) is 9.59 Å². The van der Waals surface area contributed by atoms with Crippen LogP contribution in [0, 0.1) is 34.5 Å². The Labute approximate surface area is 288 Å². The van der Waals surface area contributed by atoms with Crippen LogP contribution in [0.3, 0.4) is 0 Å². The fourth-order valence-electron chi connectivity index (χ4n) is 7.75. The summed E-state index contributed by atoms with van der Waals surface area (Å²) in [6, 6.07) is 3.88. The van der Waals surface area contributed by atoms with Gasteiger partial charge in [-0.15, -0.1) is 0 Å². The van der Waals surface area contributed by atoms with E-state index < -0.39 is 59.3 Å². The summed E-state index contributed by atoms with van der Waals surface area (Å²) < 4.78 is 5.35. The van der Waals surface area contributed by atoms with Gasteiger partial charge in [0.2, 0.25) is 17.6 Å². The standard InChI is InChI=1S/C36H52N6O7/c1-7-38-34(48)49-18-25(35(2,3)4)40-33(47)41-27(22-15-20-10-8-9-11-21(20)16-22)32(46)42-17-23-26(36(23,5)6)28(42)31(45)39-24(14-19-12-13-19)29(43)30(37)44/h8-11,19,22-28H,7,12-18H2,1-6H3,(H2,37,44)(H,38,48)(H,39,45)(H2,40,41,47)/t23-,24?,25?,26?,27?,28?/m0/s1. The lowest BCUT2D eigenvalue weighted by Crippen LogP contribution is -2.61. The summed E-state index contributed by atoms with van der Waals surface area (Å²) in [6.07, 6.45) is 2.70. The number of piperidine rings is 1. The summed E-state index contributed by atoms with van der Waals surface area (Å²) in [4.78, 5) is 80.6. The zero-order valence-corrected chi connectivity index (χ0v) is 29.5. The van der Waals surface area contributed by atoms with Crippen LogP contribution in [0.1, 0.15) is 71.9 Å². The molecule has 6 N–H and O–H groups in total. The zero-order valence-electron chi connectivity index (χ0n) is 29.5. The van der Waals surface area contributed by atoms with Gasteiger partial charge in [0.05, 0.1) is 12.1 Å². The molecule has 6 amide bonds. The summed E-state index contributed by atoms with van der Waals surface area (Å²) in [6.45, 7) is 12.3. The lowest BCUT2D eigenvalue weighted by molar-refractivity contribution is -0.144. The van der Waals surface area contributed by atoms with E-state index in [9.17, 15) is 28.8 Å². The second-order valence-corrected chi connectivity index (χ2v) is 15.9. The Morgan fingerprint density at radius 3 is 2.18 bits per heavy atom. The number of ketones is 1. The van der Waals surface area contributed by atoms with E-state index in [1.807, 2.05) is 45.0 Å². The third-order valence-corrected chi connectivity index (χ3v) is 11.1. The van der Waals surface area contributed by atoms with Gasteiger partial charge in [-0.3, -0.25) is 19.2 Å². The Balaban J connectivity index is 1.38. The lowest BCUT2D eigenvalue weighted by Gasteiger charge is -2.36. The van der Waals surface area contributed by atoms with Crippen LogP contribution >= 0.6 is 0 Å². The molecule has 0 spiro atoms. The quantitative estimate of drug-likeness (QED) is 0.197. The normalized spacial score (nSPS) is 24.0. The topological polar surface area (TPSA) is 189 Å². The number of alkyl carbamates (subject to hydrolysis) is 1. The van der Waals surface area contributed by atoms with E-state index in [4.69, 9.17) is 10.5 Å². The van der Waals surface area contributed by atoms with E-state index in [1.165, 1.54) is 0 Å². The lowest BCUT2D eigenvalue weighted by atomic mass is 9.87. The highest BCUT2D eigenvalue weighted by molar-refractivity contribution is 6.37. The van der Waals surface area contributed by atoms with Gasteiger partial charge in [0.25, 0.3) is 5.91 Å². The Bertz CT molecular complexity index is 1460. The first-order valence-corrected chi connectivity index (χ1v) is 17.5. The predicted molar refractivity (Wildman–Crippen MR) is 181 cm³/mol. The number of nitrogens with one attached hydrogen (secondary N) is 4. The number of Topliss-reactive ketones (excluding diaryl/α,β-unsaturated/α-hetero) is 1. The van der Waals surface area contributed by atoms with Crippen LogP contribution in [-0.2, 0) is 36.8 Å². The van der Waals surface area contributed by atoms with Crippen LogP contribution in [0.15, 0.2) is 24.3 Å². The average molecular weight is 681 g/mol. The van der Waals surface area contributed by atoms with Crippen molar-refractivity contribution in [1.82, 2.24) is 26.2 Å². The first kappa shape index (κ1) is 36.1.